The highest BCUT2D eigenvalue weighted by Crippen LogP contribution is 2.40. The van der Waals surface area contributed by atoms with Gasteiger partial charge in [0.2, 0.25) is 0 Å². The molecule has 1 aliphatic rings. The van der Waals surface area contributed by atoms with Gasteiger partial charge in [0, 0.05) is 19.6 Å². The van der Waals surface area contributed by atoms with Gasteiger partial charge in [-0.25, -0.2) is 0 Å². The van der Waals surface area contributed by atoms with Crippen molar-refractivity contribution in [2.75, 3.05) is 40.3 Å². The van der Waals surface area contributed by atoms with Crippen LogP contribution in [0.3, 0.4) is 0 Å². The third kappa shape index (κ3) is 5.06. The van der Waals surface area contributed by atoms with Gasteiger partial charge in [0.15, 0.2) is 0 Å². The van der Waals surface area contributed by atoms with Gasteiger partial charge in [-0.2, -0.15) is 0 Å². The minimum absolute atomic E-state index is 0.515. The zero-order valence-corrected chi connectivity index (χ0v) is 13.7. The molecule has 0 aromatic rings. The van der Waals surface area contributed by atoms with Crippen molar-refractivity contribution in [2.24, 2.45) is 11.3 Å². The second kappa shape index (κ2) is 7.99. The lowest BCUT2D eigenvalue weighted by Gasteiger charge is -2.40. The minimum atomic E-state index is -0.588. The van der Waals surface area contributed by atoms with Crippen LogP contribution < -0.4 is 0 Å². The topological polar surface area (TPSA) is 43.8 Å². The van der Waals surface area contributed by atoms with Crippen molar-refractivity contribution in [2.45, 2.75) is 46.0 Å². The van der Waals surface area contributed by atoms with E-state index in [1.54, 1.807) is 0 Å². The van der Waals surface area contributed by atoms with Crippen LogP contribution in [0.25, 0.3) is 0 Å². The maximum Gasteiger partial charge on any atom is 0.310 e. The number of likely N-dealkylation sites (N-methyl/N-ethyl adjacent to an activating group) is 1. The highest BCUT2D eigenvalue weighted by Gasteiger charge is 2.42. The number of carbonyl (C=O) groups is 1. The van der Waals surface area contributed by atoms with Crippen LogP contribution in [0.15, 0.2) is 0 Å². The average molecular weight is 284 g/mol. The molecule has 4 nitrogen and oxygen atoms in total. The first-order valence-corrected chi connectivity index (χ1v) is 8.00. The van der Waals surface area contributed by atoms with Crippen LogP contribution in [0.1, 0.15) is 46.0 Å². The summed E-state index contributed by atoms with van der Waals surface area (Å²) in [5.41, 5.74) is -0.515. The summed E-state index contributed by atoms with van der Waals surface area (Å²) in [7, 11) is 4.14. The Morgan fingerprint density at radius 1 is 1.30 bits per heavy atom. The lowest BCUT2D eigenvalue weighted by atomic mass is 9.69. The van der Waals surface area contributed by atoms with Crippen molar-refractivity contribution < 1.29 is 9.90 Å². The van der Waals surface area contributed by atoms with Gasteiger partial charge in [0.25, 0.3) is 0 Å². The number of carboxylic acid groups (broad SMARTS) is 1. The number of rotatable bonds is 8. The van der Waals surface area contributed by atoms with Crippen LogP contribution in [0.2, 0.25) is 0 Å². The normalized spacial score (nSPS) is 27.2. The predicted molar refractivity (Wildman–Crippen MR) is 83.0 cm³/mol. The van der Waals surface area contributed by atoms with E-state index >= 15 is 0 Å². The number of carboxylic acids is 1. The van der Waals surface area contributed by atoms with Gasteiger partial charge < -0.3 is 14.9 Å². The van der Waals surface area contributed by atoms with E-state index in [0.29, 0.717) is 12.5 Å². The lowest BCUT2D eigenvalue weighted by molar-refractivity contribution is -0.153. The molecule has 1 N–H and O–H groups in total. The van der Waals surface area contributed by atoms with Gasteiger partial charge in [-0.05, 0) is 45.8 Å². The Balaban J connectivity index is 2.72. The number of hydrogen-bond donors (Lipinski definition) is 1. The second-order valence-electron chi connectivity index (χ2n) is 6.87. The zero-order chi connectivity index (χ0) is 15.2. The Morgan fingerprint density at radius 3 is 2.50 bits per heavy atom. The molecular formula is C16H32N2O2. The first kappa shape index (κ1) is 17.4. The van der Waals surface area contributed by atoms with Gasteiger partial charge in [-0.15, -0.1) is 0 Å². The maximum atomic E-state index is 11.9. The summed E-state index contributed by atoms with van der Waals surface area (Å²) >= 11 is 0. The SMILES string of the molecule is CCCN(CCN(C)C)CC1(C(=O)O)CCCC(C)C1. The molecule has 0 aliphatic heterocycles. The minimum Gasteiger partial charge on any atom is -0.481 e. The molecular weight excluding hydrogens is 252 g/mol. The molecule has 118 valence electrons. The predicted octanol–water partition coefficient (Wildman–Crippen LogP) is 2.54. The highest BCUT2D eigenvalue weighted by atomic mass is 16.4. The van der Waals surface area contributed by atoms with E-state index in [4.69, 9.17) is 0 Å². The number of hydrogen-bond acceptors (Lipinski definition) is 3. The van der Waals surface area contributed by atoms with Gasteiger partial charge in [-0.3, -0.25) is 4.79 Å². The van der Waals surface area contributed by atoms with Crippen LogP contribution >= 0.6 is 0 Å². The molecule has 0 heterocycles. The van der Waals surface area contributed by atoms with Gasteiger partial charge in [0.05, 0.1) is 5.41 Å². The molecule has 0 saturated heterocycles. The Morgan fingerprint density at radius 2 is 2.00 bits per heavy atom. The summed E-state index contributed by atoms with van der Waals surface area (Å²) in [4.78, 5) is 16.4. The summed E-state index contributed by atoms with van der Waals surface area (Å²) in [5.74, 6) is -0.0489. The largest absolute Gasteiger partial charge is 0.481 e. The fraction of sp³-hybridized carbons (Fsp3) is 0.938. The summed E-state index contributed by atoms with van der Waals surface area (Å²) < 4.78 is 0. The highest BCUT2D eigenvalue weighted by molar-refractivity contribution is 5.75. The molecule has 20 heavy (non-hydrogen) atoms. The van der Waals surface area contributed by atoms with Gasteiger partial charge in [0.1, 0.15) is 0 Å². The van der Waals surface area contributed by atoms with E-state index in [0.717, 1.165) is 45.3 Å². The van der Waals surface area contributed by atoms with E-state index in [9.17, 15) is 9.90 Å². The molecule has 1 fully saturated rings. The Labute approximate surface area is 124 Å². The van der Waals surface area contributed by atoms with Crippen LogP contribution in [0, 0.1) is 11.3 Å². The quantitative estimate of drug-likeness (QED) is 0.744. The molecule has 0 aromatic carbocycles. The number of aliphatic carboxylic acids is 1. The Bertz CT molecular complexity index is 307. The zero-order valence-electron chi connectivity index (χ0n) is 13.7. The van der Waals surface area contributed by atoms with Crippen molar-refractivity contribution >= 4 is 5.97 Å². The Hall–Kier alpha value is -0.610. The molecule has 2 atom stereocenters. The van der Waals surface area contributed by atoms with E-state index in [1.165, 1.54) is 6.42 Å². The summed E-state index contributed by atoms with van der Waals surface area (Å²) in [6.07, 6.45) is 5.00. The molecule has 0 bridgehead atoms. The van der Waals surface area contributed by atoms with Gasteiger partial charge in [-0.1, -0.05) is 26.7 Å². The van der Waals surface area contributed by atoms with E-state index in [-0.39, 0.29) is 0 Å². The second-order valence-corrected chi connectivity index (χ2v) is 6.87. The van der Waals surface area contributed by atoms with E-state index in [1.807, 2.05) is 0 Å². The first-order valence-electron chi connectivity index (χ1n) is 8.00. The summed E-state index contributed by atoms with van der Waals surface area (Å²) in [6.45, 7) is 8.03. The summed E-state index contributed by atoms with van der Waals surface area (Å²) in [6, 6.07) is 0. The standard InChI is InChI=1S/C16H32N2O2/c1-5-9-18(11-10-17(3)4)13-16(15(19)20)8-6-7-14(2)12-16/h14H,5-13H2,1-4H3,(H,19,20). The van der Waals surface area contributed by atoms with Crippen LogP contribution in [0.4, 0.5) is 0 Å². The van der Waals surface area contributed by atoms with Crippen molar-refractivity contribution in [3.8, 4) is 0 Å². The van der Waals surface area contributed by atoms with Crippen LogP contribution in [-0.4, -0.2) is 61.2 Å². The molecule has 1 saturated carbocycles. The molecule has 0 radical (unpaired) electrons. The maximum absolute atomic E-state index is 11.9. The fourth-order valence-corrected chi connectivity index (χ4v) is 3.42. The van der Waals surface area contributed by atoms with Gasteiger partial charge >= 0.3 is 5.97 Å². The molecule has 2 unspecified atom stereocenters. The van der Waals surface area contributed by atoms with Crippen molar-refractivity contribution in [3.05, 3.63) is 0 Å². The van der Waals surface area contributed by atoms with E-state index < -0.39 is 11.4 Å². The van der Waals surface area contributed by atoms with E-state index in [2.05, 4.69) is 37.7 Å². The number of nitrogens with zero attached hydrogens (tertiary/aromatic N) is 2. The first-order chi connectivity index (χ1) is 9.39. The average Bonchev–Trinajstić information content (AvgIpc) is 2.36. The smallest absolute Gasteiger partial charge is 0.310 e. The molecule has 4 heteroatoms. The monoisotopic (exact) mass is 284 g/mol. The molecule has 0 aromatic heterocycles. The van der Waals surface area contributed by atoms with Crippen molar-refractivity contribution in [3.63, 3.8) is 0 Å². The Kier molecular flexibility index (Phi) is 6.96. The molecule has 0 spiro atoms. The third-order valence-corrected chi connectivity index (χ3v) is 4.47. The molecule has 0 amide bonds. The van der Waals surface area contributed by atoms with Crippen LogP contribution in [-0.2, 0) is 4.79 Å². The van der Waals surface area contributed by atoms with Crippen LogP contribution in [0.5, 0.6) is 0 Å². The third-order valence-electron chi connectivity index (χ3n) is 4.47. The molecule has 1 aliphatic carbocycles. The summed E-state index contributed by atoms with van der Waals surface area (Å²) in [5, 5.41) is 9.76. The van der Waals surface area contributed by atoms with Crippen molar-refractivity contribution in [1.29, 1.82) is 0 Å². The fourth-order valence-electron chi connectivity index (χ4n) is 3.42. The molecule has 1 rings (SSSR count). The van der Waals surface area contributed by atoms with Crippen molar-refractivity contribution in [1.82, 2.24) is 9.80 Å². The lowest BCUT2D eigenvalue weighted by Crippen LogP contribution is -2.47.